The van der Waals surface area contributed by atoms with Crippen molar-refractivity contribution in [2.24, 2.45) is 7.05 Å². The molecule has 2 aromatic heterocycles. The first kappa shape index (κ1) is 19.4. The van der Waals surface area contributed by atoms with Crippen molar-refractivity contribution in [1.29, 1.82) is 0 Å². The zero-order valence-corrected chi connectivity index (χ0v) is 16.7. The zero-order valence-electron chi connectivity index (χ0n) is 16.7. The highest BCUT2D eigenvalue weighted by atomic mass is 16.2. The Bertz CT molecular complexity index is 961. The maximum atomic E-state index is 12.9. The number of aromatic nitrogens is 2. The number of pyridine rings is 2. The second kappa shape index (κ2) is 8.19. The van der Waals surface area contributed by atoms with E-state index in [0.717, 1.165) is 44.5 Å². The summed E-state index contributed by atoms with van der Waals surface area (Å²) < 4.78 is 1.42. The average Bonchev–Trinajstić information content (AvgIpc) is 3.30. The zero-order chi connectivity index (χ0) is 20.4. The van der Waals surface area contributed by atoms with Crippen molar-refractivity contribution in [3.63, 3.8) is 0 Å². The molecule has 0 aromatic carbocycles. The summed E-state index contributed by atoms with van der Waals surface area (Å²) in [6, 6.07) is 6.79. The molecular formula is C22H26N4O3. The lowest BCUT2D eigenvalue weighted by Gasteiger charge is -2.32. The van der Waals surface area contributed by atoms with Crippen LogP contribution in [0.3, 0.4) is 0 Å². The van der Waals surface area contributed by atoms with Crippen molar-refractivity contribution >= 4 is 11.8 Å². The van der Waals surface area contributed by atoms with Crippen molar-refractivity contribution in [3.05, 3.63) is 63.8 Å². The number of carbonyl (C=O) groups is 2. The molecule has 0 saturated carbocycles. The van der Waals surface area contributed by atoms with E-state index < -0.39 is 0 Å². The number of amides is 2. The first-order valence-corrected chi connectivity index (χ1v) is 10.2. The van der Waals surface area contributed by atoms with Gasteiger partial charge in [-0.1, -0.05) is 0 Å². The van der Waals surface area contributed by atoms with E-state index in [1.54, 1.807) is 25.5 Å². The molecule has 2 aromatic rings. The standard InChI is InChI=1S/C22H26N4O3/c1-24-14-18(7-9-20(24)27)22(29)26-12-4-5-17(15-26)19-8-6-16(13-23-19)21(28)25-10-2-3-11-25/h6-9,13-14,17H,2-5,10-12,15H2,1H3/t17-/m0/s1. The van der Waals surface area contributed by atoms with Gasteiger partial charge in [-0.3, -0.25) is 19.4 Å². The van der Waals surface area contributed by atoms with Crippen molar-refractivity contribution < 1.29 is 9.59 Å². The number of hydrogen-bond donors (Lipinski definition) is 0. The number of nitrogens with zero attached hydrogens (tertiary/aromatic N) is 4. The third-order valence-corrected chi connectivity index (χ3v) is 5.89. The lowest BCUT2D eigenvalue weighted by Crippen LogP contribution is -2.39. The van der Waals surface area contributed by atoms with Crippen molar-refractivity contribution in [1.82, 2.24) is 19.4 Å². The number of piperidine rings is 1. The molecule has 29 heavy (non-hydrogen) atoms. The molecule has 0 spiro atoms. The molecule has 0 radical (unpaired) electrons. The molecule has 7 heteroatoms. The van der Waals surface area contributed by atoms with Gasteiger partial charge in [0.1, 0.15) is 0 Å². The molecule has 4 rings (SSSR count). The fourth-order valence-electron chi connectivity index (χ4n) is 4.18. The lowest BCUT2D eigenvalue weighted by molar-refractivity contribution is 0.0704. The van der Waals surface area contributed by atoms with Crippen LogP contribution in [0.1, 0.15) is 58.0 Å². The van der Waals surface area contributed by atoms with Gasteiger partial charge in [-0.05, 0) is 43.9 Å². The minimum atomic E-state index is -0.133. The normalized spacial score (nSPS) is 19.4. The van der Waals surface area contributed by atoms with E-state index in [-0.39, 0.29) is 23.3 Å². The Kier molecular flexibility index (Phi) is 5.47. The van der Waals surface area contributed by atoms with Crippen LogP contribution in [0.5, 0.6) is 0 Å². The lowest BCUT2D eigenvalue weighted by atomic mass is 9.93. The van der Waals surface area contributed by atoms with Gasteiger partial charge < -0.3 is 14.4 Å². The van der Waals surface area contributed by atoms with Gasteiger partial charge in [-0.25, -0.2) is 0 Å². The van der Waals surface area contributed by atoms with Crippen LogP contribution in [0.2, 0.25) is 0 Å². The van der Waals surface area contributed by atoms with Gasteiger partial charge in [-0.2, -0.15) is 0 Å². The maximum absolute atomic E-state index is 12.9. The van der Waals surface area contributed by atoms with Crippen molar-refractivity contribution in [2.45, 2.75) is 31.6 Å². The van der Waals surface area contributed by atoms with Crippen LogP contribution in [-0.2, 0) is 7.05 Å². The third kappa shape index (κ3) is 4.09. The summed E-state index contributed by atoms with van der Waals surface area (Å²) in [6.07, 6.45) is 7.26. The molecule has 2 saturated heterocycles. The average molecular weight is 394 g/mol. The summed E-state index contributed by atoms with van der Waals surface area (Å²) in [4.78, 5) is 45.2. The maximum Gasteiger partial charge on any atom is 0.255 e. The molecule has 0 unspecified atom stereocenters. The van der Waals surface area contributed by atoms with Gasteiger partial charge in [0, 0.05) is 63.3 Å². The van der Waals surface area contributed by atoms with E-state index in [4.69, 9.17) is 0 Å². The quantitative estimate of drug-likeness (QED) is 0.798. The fraction of sp³-hybridized carbons (Fsp3) is 0.455. The number of rotatable bonds is 3. The minimum absolute atomic E-state index is 0.0525. The molecule has 1 atom stereocenters. The predicted molar refractivity (Wildman–Crippen MR) is 109 cm³/mol. The van der Waals surface area contributed by atoms with Gasteiger partial charge >= 0.3 is 0 Å². The number of aryl methyl sites for hydroxylation is 1. The largest absolute Gasteiger partial charge is 0.339 e. The molecule has 0 aliphatic carbocycles. The van der Waals surface area contributed by atoms with Crippen LogP contribution >= 0.6 is 0 Å². The highest BCUT2D eigenvalue weighted by Crippen LogP contribution is 2.27. The topological polar surface area (TPSA) is 75.5 Å². The molecule has 152 valence electrons. The van der Waals surface area contributed by atoms with Crippen LogP contribution in [0.4, 0.5) is 0 Å². The van der Waals surface area contributed by atoms with E-state index in [9.17, 15) is 14.4 Å². The Morgan fingerprint density at radius 2 is 1.62 bits per heavy atom. The number of carbonyl (C=O) groups excluding carboxylic acids is 2. The highest BCUT2D eigenvalue weighted by molar-refractivity contribution is 5.94. The molecule has 7 nitrogen and oxygen atoms in total. The second-order valence-corrected chi connectivity index (χ2v) is 7.93. The Balaban J connectivity index is 1.45. The summed E-state index contributed by atoms with van der Waals surface area (Å²) in [5.41, 5.74) is 1.93. The van der Waals surface area contributed by atoms with Gasteiger partial charge in [0.25, 0.3) is 11.8 Å². The van der Waals surface area contributed by atoms with Crippen LogP contribution in [-0.4, -0.2) is 57.3 Å². The van der Waals surface area contributed by atoms with Crippen LogP contribution in [0.25, 0.3) is 0 Å². The fourth-order valence-corrected chi connectivity index (χ4v) is 4.18. The van der Waals surface area contributed by atoms with Gasteiger partial charge in [-0.15, -0.1) is 0 Å². The van der Waals surface area contributed by atoms with E-state index in [0.29, 0.717) is 24.2 Å². The Morgan fingerprint density at radius 3 is 2.31 bits per heavy atom. The van der Waals surface area contributed by atoms with Crippen molar-refractivity contribution in [2.75, 3.05) is 26.2 Å². The van der Waals surface area contributed by atoms with Gasteiger partial charge in [0.2, 0.25) is 5.56 Å². The SMILES string of the molecule is Cn1cc(C(=O)N2CCC[C@H](c3ccc(C(=O)N4CCCC4)cn3)C2)ccc1=O. The smallest absolute Gasteiger partial charge is 0.255 e. The molecule has 0 bridgehead atoms. The Labute approximate surface area is 170 Å². The molecule has 0 N–H and O–H groups in total. The van der Waals surface area contributed by atoms with Crippen molar-refractivity contribution in [3.8, 4) is 0 Å². The van der Waals surface area contributed by atoms with E-state index in [2.05, 4.69) is 4.98 Å². The second-order valence-electron chi connectivity index (χ2n) is 7.93. The first-order chi connectivity index (χ1) is 14.0. The van der Waals surface area contributed by atoms with Crippen LogP contribution in [0.15, 0.2) is 41.5 Å². The Hall–Kier alpha value is -2.96. The molecule has 4 heterocycles. The van der Waals surface area contributed by atoms with Gasteiger partial charge in [0.05, 0.1) is 11.1 Å². The minimum Gasteiger partial charge on any atom is -0.339 e. The molecule has 2 amide bonds. The monoisotopic (exact) mass is 394 g/mol. The number of likely N-dealkylation sites (tertiary alicyclic amines) is 2. The van der Waals surface area contributed by atoms with E-state index >= 15 is 0 Å². The molecule has 2 aliphatic rings. The molecular weight excluding hydrogens is 368 g/mol. The van der Waals surface area contributed by atoms with Crippen LogP contribution in [0, 0.1) is 0 Å². The van der Waals surface area contributed by atoms with E-state index in [1.807, 2.05) is 21.9 Å². The first-order valence-electron chi connectivity index (χ1n) is 10.2. The predicted octanol–water partition coefficient (Wildman–Crippen LogP) is 2.04. The summed E-state index contributed by atoms with van der Waals surface area (Å²) in [5, 5.41) is 0. The van der Waals surface area contributed by atoms with Crippen LogP contribution < -0.4 is 5.56 Å². The Morgan fingerprint density at radius 1 is 0.931 bits per heavy atom. The van der Waals surface area contributed by atoms with Gasteiger partial charge in [0.15, 0.2) is 0 Å². The summed E-state index contributed by atoms with van der Waals surface area (Å²) in [6.45, 7) is 2.94. The van der Waals surface area contributed by atoms with E-state index in [1.165, 1.54) is 10.6 Å². The third-order valence-electron chi connectivity index (χ3n) is 5.89. The number of hydrogen-bond acceptors (Lipinski definition) is 4. The summed E-state index contributed by atoms with van der Waals surface area (Å²) >= 11 is 0. The highest BCUT2D eigenvalue weighted by Gasteiger charge is 2.27. The molecule has 2 fully saturated rings. The summed E-state index contributed by atoms with van der Waals surface area (Å²) in [7, 11) is 1.65. The summed E-state index contributed by atoms with van der Waals surface area (Å²) in [5.74, 6) is 0.138. The molecule has 2 aliphatic heterocycles.